The van der Waals surface area contributed by atoms with Crippen molar-refractivity contribution in [3.8, 4) is 73.2 Å². The Kier molecular flexibility index (Phi) is 11.5. The third kappa shape index (κ3) is 9.24. The van der Waals surface area contributed by atoms with E-state index in [0.717, 1.165) is 0 Å². The van der Waals surface area contributed by atoms with Crippen LogP contribution in [0.15, 0.2) is 176 Å². The van der Waals surface area contributed by atoms with Gasteiger partial charge in [0.1, 0.15) is 5.82 Å². The van der Waals surface area contributed by atoms with E-state index in [0.29, 0.717) is 69.4 Å². The van der Waals surface area contributed by atoms with Crippen molar-refractivity contribution in [2.24, 2.45) is 0 Å². The van der Waals surface area contributed by atoms with Crippen LogP contribution in [0.5, 0.6) is 0 Å². The smallest absolute Gasteiger partial charge is 0.309 e. The van der Waals surface area contributed by atoms with E-state index in [-0.39, 0.29) is 50.9 Å². The molecule has 72 heavy (non-hydrogen) atoms. The van der Waals surface area contributed by atoms with Crippen LogP contribution in [-0.2, 0) is 24.7 Å². The van der Waals surface area contributed by atoms with E-state index in [4.69, 9.17) is 15.0 Å². The van der Waals surface area contributed by atoms with Gasteiger partial charge in [-0.25, -0.2) is 19.3 Å². The molecule has 17 heteroatoms. The molecule has 0 aliphatic heterocycles. The maximum absolute atomic E-state index is 15.1. The fourth-order valence-electron chi connectivity index (χ4n) is 8.58. The van der Waals surface area contributed by atoms with Crippen molar-refractivity contribution in [3.05, 3.63) is 204 Å². The summed E-state index contributed by atoms with van der Waals surface area (Å²) in [5, 5.41) is 0.235. The number of halogens is 13. The molecule has 0 saturated carbocycles. The maximum Gasteiger partial charge on any atom is 0.416 e. The van der Waals surface area contributed by atoms with E-state index in [2.05, 4.69) is 0 Å². The minimum Gasteiger partial charge on any atom is -0.309 e. The Bertz CT molecular complexity index is 3450. The predicted molar refractivity (Wildman–Crippen MR) is 247 cm³/mol. The van der Waals surface area contributed by atoms with Crippen LogP contribution in [0.1, 0.15) is 22.3 Å². The van der Waals surface area contributed by atoms with Crippen LogP contribution in [0.4, 0.5) is 57.1 Å². The number of fused-ring (bicyclic) bond motifs is 3. The lowest BCUT2D eigenvalue weighted by Gasteiger charge is -2.17. The summed E-state index contributed by atoms with van der Waals surface area (Å²) in [6.45, 7) is 0. The normalized spacial score (nSPS) is 12.5. The van der Waals surface area contributed by atoms with Gasteiger partial charge in [-0.1, -0.05) is 97.1 Å². The van der Waals surface area contributed by atoms with Gasteiger partial charge in [-0.15, -0.1) is 0 Å². The van der Waals surface area contributed by atoms with E-state index in [1.807, 2.05) is 12.1 Å². The molecule has 0 amide bonds. The SMILES string of the molecule is Fc1cccc(-c2ccc(-c3nc(-c4ccccc4)nc(-c4ccccc4)n3)cc2-n2c3ccc(-c4cc(C(F)(F)F)cc(C(F)(F)F)c4)cc3c3cc(-c4cc(C(F)(F)F)cc(C(F)(F)F)c4)ccc32)c1. The van der Waals surface area contributed by atoms with Crippen LogP contribution in [0.2, 0.25) is 0 Å². The van der Waals surface area contributed by atoms with Crippen molar-refractivity contribution in [3.63, 3.8) is 0 Å². The average Bonchev–Trinajstić information content (AvgIpc) is 3.68. The summed E-state index contributed by atoms with van der Waals surface area (Å²) in [6.07, 6.45) is -20.8. The molecule has 0 aliphatic rings. The van der Waals surface area contributed by atoms with Crippen LogP contribution in [0.25, 0.3) is 95.0 Å². The first-order valence-corrected chi connectivity index (χ1v) is 21.5. The number of rotatable bonds is 7. The second kappa shape index (κ2) is 17.5. The molecule has 8 aromatic carbocycles. The summed E-state index contributed by atoms with van der Waals surface area (Å²) in [6, 6.07) is 38.7. The highest BCUT2D eigenvalue weighted by molar-refractivity contribution is 6.12. The van der Waals surface area contributed by atoms with Gasteiger partial charge < -0.3 is 4.57 Å². The third-order valence-corrected chi connectivity index (χ3v) is 11.9. The summed E-state index contributed by atoms with van der Waals surface area (Å²) in [7, 11) is 0. The summed E-state index contributed by atoms with van der Waals surface area (Å²) >= 11 is 0. The molecule has 0 bridgehead atoms. The van der Waals surface area contributed by atoms with E-state index in [1.54, 1.807) is 77.4 Å². The van der Waals surface area contributed by atoms with E-state index < -0.39 is 63.9 Å². The number of hydrogen-bond acceptors (Lipinski definition) is 3. The number of alkyl halides is 12. The van der Waals surface area contributed by atoms with Crippen molar-refractivity contribution in [2.75, 3.05) is 0 Å². The molecule has 10 aromatic rings. The zero-order valence-corrected chi connectivity index (χ0v) is 36.4. The van der Waals surface area contributed by atoms with Crippen molar-refractivity contribution in [1.29, 1.82) is 0 Å². The first kappa shape index (κ1) is 47.3. The second-order valence-electron chi connectivity index (χ2n) is 16.7. The molecule has 10 rings (SSSR count). The maximum atomic E-state index is 15.1. The number of hydrogen-bond donors (Lipinski definition) is 0. The molecule has 0 spiro atoms. The van der Waals surface area contributed by atoms with Crippen LogP contribution in [0.3, 0.4) is 0 Å². The predicted octanol–water partition coefficient (Wildman–Crippen LogP) is 17.2. The second-order valence-corrected chi connectivity index (χ2v) is 16.7. The number of nitrogens with zero attached hydrogens (tertiary/aromatic N) is 4. The van der Waals surface area contributed by atoms with Gasteiger partial charge in [0, 0.05) is 33.0 Å². The lowest BCUT2D eigenvalue weighted by Crippen LogP contribution is -2.11. The largest absolute Gasteiger partial charge is 0.416 e. The lowest BCUT2D eigenvalue weighted by atomic mass is 9.96. The standard InChI is InChI=1S/C55H29F13N4/c56-42-13-7-12-34(24-42)43-17-14-35(51-70-49(30-8-3-1-4-9-30)69-50(71-51)31-10-5-2-6-11-31)27-48(43)72-46-18-15-32(36-20-38(52(57,58)59)28-39(21-36)53(60,61)62)25-44(46)45-26-33(16-19-47(45)72)37-22-40(54(63,64)65)29-41(23-37)55(66,67)68/h1-29H. The van der Waals surface area contributed by atoms with Gasteiger partial charge in [0.15, 0.2) is 17.5 Å². The Balaban J connectivity index is 1.28. The molecule has 0 atom stereocenters. The molecule has 2 aromatic heterocycles. The first-order valence-electron chi connectivity index (χ1n) is 21.5. The van der Waals surface area contributed by atoms with Gasteiger partial charge in [-0.05, 0) is 107 Å². The molecule has 0 unspecified atom stereocenters. The van der Waals surface area contributed by atoms with E-state index in [1.165, 1.54) is 54.6 Å². The summed E-state index contributed by atoms with van der Waals surface area (Å²) in [4.78, 5) is 14.4. The zero-order valence-electron chi connectivity index (χ0n) is 36.4. The highest BCUT2D eigenvalue weighted by atomic mass is 19.4. The van der Waals surface area contributed by atoms with Gasteiger partial charge in [-0.3, -0.25) is 0 Å². The van der Waals surface area contributed by atoms with Crippen LogP contribution in [-0.4, -0.2) is 19.5 Å². The molecule has 0 saturated heterocycles. The Hall–Kier alpha value is -8.34. The van der Waals surface area contributed by atoms with Gasteiger partial charge >= 0.3 is 24.7 Å². The van der Waals surface area contributed by atoms with Crippen LogP contribution >= 0.6 is 0 Å². The van der Waals surface area contributed by atoms with Crippen molar-refractivity contribution in [1.82, 2.24) is 19.5 Å². The van der Waals surface area contributed by atoms with Gasteiger partial charge in [-0.2, -0.15) is 52.7 Å². The van der Waals surface area contributed by atoms with Crippen LogP contribution < -0.4 is 0 Å². The average molecular weight is 993 g/mol. The first-order chi connectivity index (χ1) is 34.1. The molecule has 360 valence electrons. The van der Waals surface area contributed by atoms with Crippen molar-refractivity contribution in [2.45, 2.75) is 24.7 Å². The van der Waals surface area contributed by atoms with Gasteiger partial charge in [0.25, 0.3) is 0 Å². The van der Waals surface area contributed by atoms with Crippen molar-refractivity contribution >= 4 is 21.8 Å². The van der Waals surface area contributed by atoms with Crippen LogP contribution in [0, 0.1) is 5.82 Å². The Morgan fingerprint density at radius 1 is 0.306 bits per heavy atom. The molecule has 0 N–H and O–H groups in total. The Labute approximate surface area is 399 Å². The van der Waals surface area contributed by atoms with Gasteiger partial charge in [0.05, 0.1) is 39.0 Å². The van der Waals surface area contributed by atoms with Gasteiger partial charge in [0.2, 0.25) is 0 Å². The van der Waals surface area contributed by atoms with E-state index in [9.17, 15) is 52.7 Å². The summed E-state index contributed by atoms with van der Waals surface area (Å²) in [5.74, 6) is 0.169. The summed E-state index contributed by atoms with van der Waals surface area (Å²) in [5.41, 5.74) is -4.50. The van der Waals surface area contributed by atoms with E-state index >= 15 is 4.39 Å². The number of aromatic nitrogens is 4. The summed E-state index contributed by atoms with van der Waals surface area (Å²) < 4.78 is 186. The zero-order chi connectivity index (χ0) is 50.9. The molecular formula is C55H29F13N4. The highest BCUT2D eigenvalue weighted by Gasteiger charge is 2.39. The molecule has 0 aliphatic carbocycles. The minimum atomic E-state index is -5.20. The molecule has 0 fully saturated rings. The topological polar surface area (TPSA) is 43.6 Å². The highest BCUT2D eigenvalue weighted by Crippen LogP contribution is 2.45. The fraction of sp³-hybridized carbons (Fsp3) is 0.0727. The minimum absolute atomic E-state index is 0.0243. The molecular weight excluding hydrogens is 964 g/mol. The number of benzene rings is 8. The third-order valence-electron chi connectivity index (χ3n) is 11.9. The molecule has 2 heterocycles. The Morgan fingerprint density at radius 2 is 0.694 bits per heavy atom. The Morgan fingerprint density at radius 3 is 1.10 bits per heavy atom. The molecule has 4 nitrogen and oxygen atoms in total. The fourth-order valence-corrected chi connectivity index (χ4v) is 8.58. The van der Waals surface area contributed by atoms with Crippen molar-refractivity contribution < 1.29 is 57.1 Å². The molecule has 0 radical (unpaired) electrons. The monoisotopic (exact) mass is 992 g/mol. The quantitative estimate of drug-likeness (QED) is 0.149. The lowest BCUT2D eigenvalue weighted by molar-refractivity contribution is -0.144.